The Balaban J connectivity index is 0.000000333. The van der Waals surface area contributed by atoms with Gasteiger partial charge in [0.15, 0.2) is 0 Å². The molecule has 10 nitrogen and oxygen atoms in total. The Bertz CT molecular complexity index is 1070. The van der Waals surface area contributed by atoms with Gasteiger partial charge in [0, 0.05) is 33.4 Å². The lowest BCUT2D eigenvalue weighted by molar-refractivity contribution is -0.193. The summed E-state index contributed by atoms with van der Waals surface area (Å²) >= 11 is 0. The molecule has 16 heteroatoms. The minimum absolute atomic E-state index is 0.219. The number of fused-ring (bicyclic) bond motifs is 1. The summed E-state index contributed by atoms with van der Waals surface area (Å²) in [6, 6.07) is 4.33. The largest absolute Gasteiger partial charge is 0.490 e. The number of hydrogen-bond acceptors (Lipinski definition) is 7. The van der Waals surface area contributed by atoms with E-state index in [1.165, 1.54) is 11.3 Å². The molecule has 4 heterocycles. The molecule has 0 amide bonds. The molecule has 2 aromatic heterocycles. The number of carboxylic acids is 2. The maximum Gasteiger partial charge on any atom is 0.490 e. The summed E-state index contributed by atoms with van der Waals surface area (Å²) in [5, 5.41) is 19.0. The first kappa shape index (κ1) is 33.1. The van der Waals surface area contributed by atoms with E-state index in [2.05, 4.69) is 21.8 Å². The van der Waals surface area contributed by atoms with Crippen molar-refractivity contribution in [1.29, 1.82) is 0 Å². The predicted octanol–water partition coefficient (Wildman–Crippen LogP) is 4.22. The Morgan fingerprint density at radius 2 is 1.65 bits per heavy atom. The minimum atomic E-state index is -5.08. The Hall–Kier alpha value is -3.11. The van der Waals surface area contributed by atoms with Gasteiger partial charge in [-0.15, -0.1) is 0 Å². The number of alkyl halides is 6. The molecule has 1 fully saturated rings. The minimum Gasteiger partial charge on any atom is -0.475 e. The number of furan rings is 1. The lowest BCUT2D eigenvalue weighted by atomic mass is 9.97. The van der Waals surface area contributed by atoms with Gasteiger partial charge in [0.05, 0.1) is 31.1 Å². The number of rotatable bonds is 6. The van der Waals surface area contributed by atoms with Crippen molar-refractivity contribution in [3.05, 3.63) is 41.1 Å². The lowest BCUT2D eigenvalue weighted by Gasteiger charge is -2.36. The molecule has 0 aliphatic carbocycles. The summed E-state index contributed by atoms with van der Waals surface area (Å²) in [4.78, 5) is 20.3. The molecule has 4 rings (SSSR count). The summed E-state index contributed by atoms with van der Waals surface area (Å²) in [5.41, 5.74) is 2.69. The van der Waals surface area contributed by atoms with E-state index < -0.39 is 24.3 Å². The summed E-state index contributed by atoms with van der Waals surface area (Å²) in [6.07, 6.45) is -4.83. The SMILES string of the molecule is COCC1c2c(cnn2CC2CCOCC2)CCN1Cc1ccc(C)o1.O=C(O)C(F)(F)F.O=C(O)C(F)(F)F. The highest BCUT2D eigenvalue weighted by Crippen LogP contribution is 2.32. The first-order valence-electron chi connectivity index (χ1n) is 12.1. The molecule has 0 saturated carbocycles. The maximum atomic E-state index is 10.6. The number of halogens is 6. The number of aryl methyl sites for hydroxylation is 1. The molecule has 1 unspecified atom stereocenters. The fourth-order valence-electron chi connectivity index (χ4n) is 4.23. The first-order valence-corrected chi connectivity index (χ1v) is 12.1. The number of ether oxygens (including phenoxy) is 2. The van der Waals surface area contributed by atoms with Gasteiger partial charge in [0.25, 0.3) is 0 Å². The average Bonchev–Trinajstić information content (AvgIpc) is 3.46. The van der Waals surface area contributed by atoms with E-state index in [4.69, 9.17) is 38.8 Å². The third-order valence-corrected chi connectivity index (χ3v) is 6.12. The second-order valence-corrected chi connectivity index (χ2v) is 9.10. The van der Waals surface area contributed by atoms with Crippen LogP contribution in [0.15, 0.2) is 22.7 Å². The maximum absolute atomic E-state index is 10.6. The smallest absolute Gasteiger partial charge is 0.475 e. The third kappa shape index (κ3) is 10.1. The van der Waals surface area contributed by atoms with E-state index in [9.17, 15) is 26.3 Å². The highest BCUT2D eigenvalue weighted by molar-refractivity contribution is 5.73. The predicted molar refractivity (Wildman–Crippen MR) is 125 cm³/mol. The summed E-state index contributed by atoms with van der Waals surface area (Å²) in [6.45, 7) is 7.21. The number of carbonyl (C=O) groups is 2. The second-order valence-electron chi connectivity index (χ2n) is 9.10. The molecule has 0 bridgehead atoms. The van der Waals surface area contributed by atoms with Crippen molar-refractivity contribution < 1.29 is 60.0 Å². The molecule has 1 atom stereocenters. The molecular weight excluding hydrogens is 556 g/mol. The topological polar surface area (TPSA) is 127 Å². The van der Waals surface area contributed by atoms with E-state index in [-0.39, 0.29) is 6.04 Å². The van der Waals surface area contributed by atoms with Gasteiger partial charge in [0.1, 0.15) is 11.5 Å². The zero-order valence-corrected chi connectivity index (χ0v) is 21.8. The number of nitrogens with zero attached hydrogens (tertiary/aromatic N) is 3. The van der Waals surface area contributed by atoms with Crippen LogP contribution < -0.4 is 0 Å². The van der Waals surface area contributed by atoms with Gasteiger partial charge in [0.2, 0.25) is 0 Å². The average molecular weight is 588 g/mol. The molecule has 226 valence electrons. The first-order chi connectivity index (χ1) is 18.6. The molecule has 0 aromatic carbocycles. The number of aromatic nitrogens is 2. The van der Waals surface area contributed by atoms with Crippen LogP contribution in [-0.4, -0.2) is 82.7 Å². The van der Waals surface area contributed by atoms with E-state index in [0.717, 1.165) is 63.6 Å². The van der Waals surface area contributed by atoms with E-state index in [0.29, 0.717) is 12.5 Å². The quantitative estimate of drug-likeness (QED) is 0.478. The number of hydrogen-bond donors (Lipinski definition) is 2. The molecular formula is C24H31F6N3O7. The van der Waals surface area contributed by atoms with Gasteiger partial charge in [-0.1, -0.05) is 0 Å². The summed E-state index contributed by atoms with van der Waals surface area (Å²) in [5.74, 6) is -2.88. The third-order valence-electron chi connectivity index (χ3n) is 6.12. The Morgan fingerprint density at radius 3 is 2.12 bits per heavy atom. The van der Waals surface area contributed by atoms with E-state index in [1.807, 2.05) is 13.0 Å². The Labute approximate surface area is 225 Å². The van der Waals surface area contributed by atoms with Crippen molar-refractivity contribution >= 4 is 11.9 Å². The number of carboxylic acid groups (broad SMARTS) is 2. The number of methoxy groups -OCH3 is 1. The fourth-order valence-corrected chi connectivity index (χ4v) is 4.23. The van der Waals surface area contributed by atoms with Crippen LogP contribution in [-0.2, 0) is 38.6 Å². The molecule has 0 spiro atoms. The van der Waals surface area contributed by atoms with Crippen molar-refractivity contribution in [3.63, 3.8) is 0 Å². The monoisotopic (exact) mass is 587 g/mol. The molecule has 40 heavy (non-hydrogen) atoms. The van der Waals surface area contributed by atoms with Crippen molar-refractivity contribution in [2.75, 3.05) is 33.5 Å². The van der Waals surface area contributed by atoms with Gasteiger partial charge in [-0.2, -0.15) is 31.4 Å². The second kappa shape index (κ2) is 14.5. The van der Waals surface area contributed by atoms with Crippen molar-refractivity contribution in [2.24, 2.45) is 5.92 Å². The van der Waals surface area contributed by atoms with Crippen LogP contribution in [0.25, 0.3) is 0 Å². The van der Waals surface area contributed by atoms with Gasteiger partial charge < -0.3 is 24.1 Å². The molecule has 0 radical (unpaired) electrons. The van der Waals surface area contributed by atoms with Crippen molar-refractivity contribution in [2.45, 2.75) is 57.7 Å². The molecule has 2 aliphatic rings. The lowest BCUT2D eigenvalue weighted by Crippen LogP contribution is -2.38. The van der Waals surface area contributed by atoms with Crippen LogP contribution in [0.5, 0.6) is 0 Å². The van der Waals surface area contributed by atoms with Gasteiger partial charge in [-0.3, -0.25) is 9.58 Å². The van der Waals surface area contributed by atoms with Gasteiger partial charge in [-0.25, -0.2) is 9.59 Å². The van der Waals surface area contributed by atoms with Crippen LogP contribution in [0.1, 0.15) is 41.7 Å². The van der Waals surface area contributed by atoms with Gasteiger partial charge >= 0.3 is 24.3 Å². The zero-order chi connectivity index (χ0) is 30.1. The normalized spacial score (nSPS) is 18.1. The van der Waals surface area contributed by atoms with Crippen LogP contribution in [0.4, 0.5) is 26.3 Å². The Morgan fingerprint density at radius 1 is 1.07 bits per heavy atom. The highest BCUT2D eigenvalue weighted by Gasteiger charge is 2.39. The number of aliphatic carboxylic acids is 2. The molecule has 2 aromatic rings. The molecule has 2 aliphatic heterocycles. The van der Waals surface area contributed by atoms with Crippen LogP contribution >= 0.6 is 0 Å². The van der Waals surface area contributed by atoms with E-state index in [1.54, 1.807) is 7.11 Å². The zero-order valence-electron chi connectivity index (χ0n) is 21.8. The fraction of sp³-hybridized carbons (Fsp3) is 0.625. The van der Waals surface area contributed by atoms with Crippen LogP contribution in [0, 0.1) is 12.8 Å². The van der Waals surface area contributed by atoms with Crippen molar-refractivity contribution in [3.8, 4) is 0 Å². The standard InChI is InChI=1S/C20H29N3O3.2C2HF3O2/c1-15-3-4-18(26-15)13-22-8-5-17-11-21-23(20(17)19(22)14-24-2)12-16-6-9-25-10-7-16;2*3-2(4,5)1(6)7/h3-4,11,16,19H,5-10,12-14H2,1-2H3;2*(H,6,7). The van der Waals surface area contributed by atoms with Gasteiger partial charge in [-0.05, 0) is 49.8 Å². The van der Waals surface area contributed by atoms with Crippen molar-refractivity contribution in [1.82, 2.24) is 14.7 Å². The van der Waals surface area contributed by atoms with Crippen LogP contribution in [0.2, 0.25) is 0 Å². The molecule has 2 N–H and O–H groups in total. The highest BCUT2D eigenvalue weighted by atomic mass is 19.4. The summed E-state index contributed by atoms with van der Waals surface area (Å²) < 4.78 is 82.6. The summed E-state index contributed by atoms with van der Waals surface area (Å²) in [7, 11) is 1.78. The molecule has 1 saturated heterocycles. The van der Waals surface area contributed by atoms with Crippen LogP contribution in [0.3, 0.4) is 0 Å². The Kier molecular flexibility index (Phi) is 12.0. The van der Waals surface area contributed by atoms with E-state index >= 15 is 0 Å².